The summed E-state index contributed by atoms with van der Waals surface area (Å²) >= 11 is 0. The van der Waals surface area contributed by atoms with Crippen molar-refractivity contribution in [1.29, 1.82) is 0 Å². The SMILES string of the molecule is CCCNC(CCc1ncnn1C)COC. The molecule has 1 aromatic heterocycles. The zero-order chi connectivity index (χ0) is 11.8. The van der Waals surface area contributed by atoms with Gasteiger partial charge in [-0.2, -0.15) is 5.10 Å². The molecule has 1 unspecified atom stereocenters. The summed E-state index contributed by atoms with van der Waals surface area (Å²) in [6.07, 6.45) is 4.70. The van der Waals surface area contributed by atoms with E-state index in [-0.39, 0.29) is 0 Å². The van der Waals surface area contributed by atoms with Crippen LogP contribution in [0.3, 0.4) is 0 Å². The first-order chi connectivity index (χ1) is 7.77. The molecule has 0 aromatic carbocycles. The van der Waals surface area contributed by atoms with Crippen molar-refractivity contribution in [2.24, 2.45) is 7.05 Å². The van der Waals surface area contributed by atoms with Crippen LogP contribution in [0.1, 0.15) is 25.6 Å². The lowest BCUT2D eigenvalue weighted by Gasteiger charge is -2.17. The van der Waals surface area contributed by atoms with Crippen LogP contribution in [0.25, 0.3) is 0 Å². The Morgan fingerprint density at radius 2 is 2.38 bits per heavy atom. The zero-order valence-electron chi connectivity index (χ0n) is 10.4. The van der Waals surface area contributed by atoms with Crippen LogP contribution in [0.2, 0.25) is 0 Å². The fourth-order valence-corrected chi connectivity index (χ4v) is 1.64. The number of hydrogen-bond acceptors (Lipinski definition) is 4. The van der Waals surface area contributed by atoms with Crippen LogP contribution in [0.5, 0.6) is 0 Å². The fraction of sp³-hybridized carbons (Fsp3) is 0.818. The van der Waals surface area contributed by atoms with E-state index >= 15 is 0 Å². The second-order valence-electron chi connectivity index (χ2n) is 3.94. The number of hydrogen-bond donors (Lipinski definition) is 1. The largest absolute Gasteiger partial charge is 0.383 e. The van der Waals surface area contributed by atoms with Crippen LogP contribution < -0.4 is 5.32 Å². The molecule has 0 aliphatic rings. The first-order valence-electron chi connectivity index (χ1n) is 5.83. The Kier molecular flexibility index (Phi) is 6.03. The van der Waals surface area contributed by atoms with Gasteiger partial charge in [-0.05, 0) is 19.4 Å². The van der Waals surface area contributed by atoms with E-state index in [4.69, 9.17) is 4.74 Å². The molecule has 0 bridgehead atoms. The maximum atomic E-state index is 5.20. The summed E-state index contributed by atoms with van der Waals surface area (Å²) < 4.78 is 7.02. The van der Waals surface area contributed by atoms with E-state index in [1.807, 2.05) is 11.7 Å². The standard InChI is InChI=1S/C11H22N4O/c1-4-7-12-10(8-16-3)5-6-11-13-9-14-15(11)2/h9-10,12H,4-8H2,1-3H3. The average molecular weight is 226 g/mol. The van der Waals surface area contributed by atoms with Crippen LogP contribution in [0.15, 0.2) is 6.33 Å². The molecule has 1 aromatic rings. The Balaban J connectivity index is 2.34. The maximum absolute atomic E-state index is 5.20. The van der Waals surface area contributed by atoms with Crippen LogP contribution in [0, 0.1) is 0 Å². The molecule has 0 saturated heterocycles. The van der Waals surface area contributed by atoms with E-state index in [9.17, 15) is 0 Å². The number of methoxy groups -OCH3 is 1. The molecule has 1 atom stereocenters. The number of aromatic nitrogens is 3. The highest BCUT2D eigenvalue weighted by molar-refractivity contribution is 4.85. The zero-order valence-corrected chi connectivity index (χ0v) is 10.4. The first kappa shape index (κ1) is 13.1. The molecule has 16 heavy (non-hydrogen) atoms. The Morgan fingerprint density at radius 1 is 1.56 bits per heavy atom. The van der Waals surface area contributed by atoms with Gasteiger partial charge in [-0.15, -0.1) is 0 Å². The minimum absolute atomic E-state index is 0.404. The van der Waals surface area contributed by atoms with E-state index in [0.29, 0.717) is 6.04 Å². The molecular formula is C11H22N4O. The normalized spacial score (nSPS) is 12.9. The minimum atomic E-state index is 0.404. The lowest BCUT2D eigenvalue weighted by atomic mass is 10.1. The highest BCUT2D eigenvalue weighted by Gasteiger charge is 2.09. The topological polar surface area (TPSA) is 52.0 Å². The van der Waals surface area contributed by atoms with Gasteiger partial charge in [0.2, 0.25) is 0 Å². The van der Waals surface area contributed by atoms with Crippen LogP contribution in [-0.4, -0.2) is 41.1 Å². The van der Waals surface area contributed by atoms with Gasteiger partial charge < -0.3 is 10.1 Å². The molecule has 5 heteroatoms. The van der Waals surface area contributed by atoms with Crippen molar-refractivity contribution in [3.8, 4) is 0 Å². The number of nitrogens with one attached hydrogen (secondary N) is 1. The Hall–Kier alpha value is -0.940. The lowest BCUT2D eigenvalue weighted by molar-refractivity contribution is 0.162. The molecule has 0 saturated carbocycles. The molecule has 92 valence electrons. The summed E-state index contributed by atoms with van der Waals surface area (Å²) in [6, 6.07) is 0.404. The van der Waals surface area contributed by atoms with Crippen molar-refractivity contribution < 1.29 is 4.74 Å². The van der Waals surface area contributed by atoms with Gasteiger partial charge in [-0.1, -0.05) is 6.92 Å². The molecule has 0 aliphatic heterocycles. The third kappa shape index (κ3) is 4.28. The molecule has 0 amide bonds. The Morgan fingerprint density at radius 3 is 2.94 bits per heavy atom. The van der Waals surface area contributed by atoms with Crippen molar-refractivity contribution in [2.45, 2.75) is 32.2 Å². The molecular weight excluding hydrogens is 204 g/mol. The van der Waals surface area contributed by atoms with Gasteiger partial charge >= 0.3 is 0 Å². The van der Waals surface area contributed by atoms with Gasteiger partial charge in [-0.25, -0.2) is 4.98 Å². The number of rotatable bonds is 8. The van der Waals surface area contributed by atoms with Crippen molar-refractivity contribution in [1.82, 2.24) is 20.1 Å². The number of aryl methyl sites for hydroxylation is 2. The lowest BCUT2D eigenvalue weighted by Crippen LogP contribution is -2.34. The smallest absolute Gasteiger partial charge is 0.138 e. The Labute approximate surface area is 97.2 Å². The predicted octanol–water partition coefficient (Wildman–Crippen LogP) is 0.762. The second-order valence-corrected chi connectivity index (χ2v) is 3.94. The van der Waals surface area contributed by atoms with Crippen molar-refractivity contribution >= 4 is 0 Å². The molecule has 0 fully saturated rings. The highest BCUT2D eigenvalue weighted by atomic mass is 16.5. The average Bonchev–Trinajstić information content (AvgIpc) is 2.68. The third-order valence-corrected chi connectivity index (χ3v) is 2.57. The minimum Gasteiger partial charge on any atom is -0.383 e. The second kappa shape index (κ2) is 7.35. The van der Waals surface area contributed by atoms with E-state index in [1.165, 1.54) is 0 Å². The van der Waals surface area contributed by atoms with Gasteiger partial charge in [0.05, 0.1) is 6.61 Å². The quantitative estimate of drug-likeness (QED) is 0.711. The summed E-state index contributed by atoms with van der Waals surface area (Å²) in [5.74, 6) is 1.03. The molecule has 0 aliphatic carbocycles. The van der Waals surface area contributed by atoms with E-state index in [2.05, 4.69) is 22.3 Å². The van der Waals surface area contributed by atoms with Crippen molar-refractivity contribution in [2.75, 3.05) is 20.3 Å². The van der Waals surface area contributed by atoms with Crippen LogP contribution in [0.4, 0.5) is 0 Å². The Bertz CT molecular complexity index is 287. The molecule has 1 heterocycles. The van der Waals surface area contributed by atoms with Gasteiger partial charge in [0, 0.05) is 26.6 Å². The van der Waals surface area contributed by atoms with Crippen LogP contribution >= 0.6 is 0 Å². The molecule has 0 spiro atoms. The van der Waals surface area contributed by atoms with E-state index in [0.717, 1.165) is 38.2 Å². The predicted molar refractivity (Wildman–Crippen MR) is 63.3 cm³/mol. The monoisotopic (exact) mass is 226 g/mol. The molecule has 0 radical (unpaired) electrons. The van der Waals surface area contributed by atoms with E-state index in [1.54, 1.807) is 13.4 Å². The van der Waals surface area contributed by atoms with Crippen molar-refractivity contribution in [3.63, 3.8) is 0 Å². The molecule has 1 N–H and O–H groups in total. The fourth-order valence-electron chi connectivity index (χ4n) is 1.64. The summed E-state index contributed by atoms with van der Waals surface area (Å²) in [5.41, 5.74) is 0. The van der Waals surface area contributed by atoms with Gasteiger partial charge in [0.1, 0.15) is 12.2 Å². The summed E-state index contributed by atoms with van der Waals surface area (Å²) in [5, 5.41) is 7.53. The van der Waals surface area contributed by atoms with Gasteiger partial charge in [0.15, 0.2) is 0 Å². The van der Waals surface area contributed by atoms with E-state index < -0.39 is 0 Å². The van der Waals surface area contributed by atoms with Gasteiger partial charge in [0.25, 0.3) is 0 Å². The molecule has 1 rings (SSSR count). The van der Waals surface area contributed by atoms with Crippen molar-refractivity contribution in [3.05, 3.63) is 12.2 Å². The first-order valence-corrected chi connectivity index (χ1v) is 5.83. The summed E-state index contributed by atoms with van der Waals surface area (Å²) in [6.45, 7) is 3.95. The maximum Gasteiger partial charge on any atom is 0.138 e. The van der Waals surface area contributed by atoms with Gasteiger partial charge in [-0.3, -0.25) is 4.68 Å². The summed E-state index contributed by atoms with van der Waals surface area (Å²) in [4.78, 5) is 4.21. The third-order valence-electron chi connectivity index (χ3n) is 2.57. The highest BCUT2D eigenvalue weighted by Crippen LogP contribution is 2.01. The van der Waals surface area contributed by atoms with Crippen LogP contribution in [-0.2, 0) is 18.2 Å². The summed E-state index contributed by atoms with van der Waals surface area (Å²) in [7, 11) is 3.66. The number of ether oxygens (including phenoxy) is 1. The molecule has 5 nitrogen and oxygen atoms in total. The number of nitrogens with zero attached hydrogens (tertiary/aromatic N) is 3.